The van der Waals surface area contributed by atoms with Crippen molar-refractivity contribution in [3.63, 3.8) is 0 Å². The Bertz CT molecular complexity index is 543. The monoisotopic (exact) mass is 261 g/mol. The highest BCUT2D eigenvalue weighted by Gasteiger charge is 2.17. The van der Waals surface area contributed by atoms with Crippen LogP contribution >= 0.6 is 11.6 Å². The highest BCUT2D eigenvalue weighted by molar-refractivity contribution is 6.32. The molecule has 0 saturated carbocycles. The van der Waals surface area contributed by atoms with Gasteiger partial charge in [0.1, 0.15) is 11.1 Å². The minimum Gasteiger partial charge on any atom is -0.508 e. The van der Waals surface area contributed by atoms with Gasteiger partial charge < -0.3 is 10.4 Å². The second-order valence-corrected chi connectivity index (χ2v) is 4.25. The van der Waals surface area contributed by atoms with E-state index in [2.05, 4.69) is 5.32 Å². The number of hydrogen-bond donors (Lipinski definition) is 2. The Morgan fingerprint density at radius 1 is 1.11 bits per heavy atom. The Kier molecular flexibility index (Phi) is 3.85. The first kappa shape index (κ1) is 12.5. The summed E-state index contributed by atoms with van der Waals surface area (Å²) in [4.78, 5) is 11.9. The molecule has 3 nitrogen and oxygen atoms in total. The number of carbonyl (C=O) groups excluding carboxylic acids is 1. The lowest BCUT2D eigenvalue weighted by molar-refractivity contribution is -0.116. The van der Waals surface area contributed by atoms with Gasteiger partial charge in [0.15, 0.2) is 0 Å². The van der Waals surface area contributed by atoms with Crippen molar-refractivity contribution in [1.82, 2.24) is 0 Å². The molecule has 0 aliphatic rings. The summed E-state index contributed by atoms with van der Waals surface area (Å²) in [6.45, 7) is 0. The molecule has 1 unspecified atom stereocenters. The van der Waals surface area contributed by atoms with Crippen LogP contribution in [0.4, 0.5) is 5.69 Å². The van der Waals surface area contributed by atoms with Gasteiger partial charge in [-0.25, -0.2) is 0 Å². The van der Waals surface area contributed by atoms with Crippen molar-refractivity contribution < 1.29 is 9.90 Å². The molecule has 1 amide bonds. The zero-order valence-corrected chi connectivity index (χ0v) is 10.3. The van der Waals surface area contributed by atoms with Gasteiger partial charge >= 0.3 is 0 Å². The molecule has 18 heavy (non-hydrogen) atoms. The molecule has 0 spiro atoms. The molecular weight excluding hydrogens is 250 g/mol. The first-order valence-electron chi connectivity index (χ1n) is 5.46. The normalized spacial score (nSPS) is 11.8. The third-order valence-corrected chi connectivity index (χ3v) is 2.89. The van der Waals surface area contributed by atoms with E-state index in [1.165, 1.54) is 12.1 Å². The van der Waals surface area contributed by atoms with Crippen molar-refractivity contribution in [3.05, 3.63) is 60.2 Å². The summed E-state index contributed by atoms with van der Waals surface area (Å²) < 4.78 is 0. The molecule has 2 aromatic carbocycles. The Labute approximate surface area is 110 Å². The smallest absolute Gasteiger partial charge is 0.246 e. The number of phenolic OH excluding ortho intramolecular Hbond substituents is 1. The number of alkyl halides is 1. The van der Waals surface area contributed by atoms with E-state index >= 15 is 0 Å². The summed E-state index contributed by atoms with van der Waals surface area (Å²) in [6, 6.07) is 15.4. The first-order valence-corrected chi connectivity index (χ1v) is 5.89. The van der Waals surface area contributed by atoms with Crippen molar-refractivity contribution in [2.24, 2.45) is 0 Å². The van der Waals surface area contributed by atoms with E-state index in [9.17, 15) is 9.90 Å². The predicted octanol–water partition coefficient (Wildman–Crippen LogP) is 3.31. The van der Waals surface area contributed by atoms with Crippen LogP contribution in [-0.2, 0) is 4.79 Å². The highest BCUT2D eigenvalue weighted by atomic mass is 35.5. The topological polar surface area (TPSA) is 49.3 Å². The van der Waals surface area contributed by atoms with Crippen LogP contribution in [-0.4, -0.2) is 11.0 Å². The molecule has 0 saturated heterocycles. The molecule has 92 valence electrons. The van der Waals surface area contributed by atoms with Crippen LogP contribution in [0.5, 0.6) is 5.75 Å². The van der Waals surface area contributed by atoms with Gasteiger partial charge in [0.25, 0.3) is 0 Å². The third-order valence-electron chi connectivity index (χ3n) is 2.44. The van der Waals surface area contributed by atoms with Crippen molar-refractivity contribution in [2.45, 2.75) is 5.38 Å². The number of aromatic hydroxyl groups is 1. The standard InChI is InChI=1S/C14H12ClNO2/c15-13(10-5-2-1-3-6-10)14(18)16-11-7-4-8-12(17)9-11/h1-9,13,17H,(H,16,18). The van der Waals surface area contributed by atoms with Crippen molar-refractivity contribution in [1.29, 1.82) is 0 Å². The number of phenols is 1. The van der Waals surface area contributed by atoms with Crippen LogP contribution in [0.2, 0.25) is 0 Å². The van der Waals surface area contributed by atoms with Gasteiger partial charge in [-0.3, -0.25) is 4.79 Å². The Hall–Kier alpha value is -2.00. The molecule has 0 fully saturated rings. The summed E-state index contributed by atoms with van der Waals surface area (Å²) in [5, 5.41) is 11.2. The fourth-order valence-electron chi connectivity index (χ4n) is 1.56. The number of rotatable bonds is 3. The van der Waals surface area contributed by atoms with E-state index in [0.717, 1.165) is 5.56 Å². The average molecular weight is 262 g/mol. The van der Waals surface area contributed by atoms with E-state index < -0.39 is 5.38 Å². The summed E-state index contributed by atoms with van der Waals surface area (Å²) in [5.41, 5.74) is 1.25. The maximum atomic E-state index is 11.9. The van der Waals surface area contributed by atoms with Crippen LogP contribution < -0.4 is 5.32 Å². The lowest BCUT2D eigenvalue weighted by Gasteiger charge is -2.10. The van der Waals surface area contributed by atoms with Gasteiger partial charge in [0.05, 0.1) is 0 Å². The summed E-state index contributed by atoms with van der Waals surface area (Å²) in [7, 11) is 0. The SMILES string of the molecule is O=C(Nc1cccc(O)c1)C(Cl)c1ccccc1. The second kappa shape index (κ2) is 5.56. The van der Waals surface area contributed by atoms with Gasteiger partial charge in [-0.05, 0) is 17.7 Å². The zero-order valence-electron chi connectivity index (χ0n) is 9.51. The van der Waals surface area contributed by atoms with Gasteiger partial charge in [-0.1, -0.05) is 36.4 Å². The number of amides is 1. The fraction of sp³-hybridized carbons (Fsp3) is 0.0714. The Morgan fingerprint density at radius 3 is 2.50 bits per heavy atom. The van der Waals surface area contributed by atoms with E-state index in [1.807, 2.05) is 18.2 Å². The van der Waals surface area contributed by atoms with Crippen LogP contribution in [0.25, 0.3) is 0 Å². The third kappa shape index (κ3) is 3.02. The van der Waals surface area contributed by atoms with Crippen LogP contribution in [0.15, 0.2) is 54.6 Å². The van der Waals surface area contributed by atoms with E-state index in [0.29, 0.717) is 5.69 Å². The summed E-state index contributed by atoms with van der Waals surface area (Å²) in [6.07, 6.45) is 0. The molecule has 2 aromatic rings. The first-order chi connectivity index (χ1) is 8.66. The molecule has 0 aliphatic carbocycles. The number of nitrogens with one attached hydrogen (secondary N) is 1. The van der Waals surface area contributed by atoms with Crippen LogP contribution in [0.1, 0.15) is 10.9 Å². The maximum Gasteiger partial charge on any atom is 0.246 e. The number of carbonyl (C=O) groups is 1. The minimum absolute atomic E-state index is 0.0960. The highest BCUT2D eigenvalue weighted by Crippen LogP contribution is 2.23. The summed E-state index contributed by atoms with van der Waals surface area (Å²) in [5.74, 6) is -0.230. The molecule has 1 atom stereocenters. The largest absolute Gasteiger partial charge is 0.508 e. The maximum absolute atomic E-state index is 11.9. The molecule has 0 bridgehead atoms. The van der Waals surface area contributed by atoms with Gasteiger partial charge in [0, 0.05) is 11.8 Å². The number of halogens is 1. The lowest BCUT2D eigenvalue weighted by Crippen LogP contribution is -2.17. The molecular formula is C14H12ClNO2. The van der Waals surface area contributed by atoms with Gasteiger partial charge in [0.2, 0.25) is 5.91 Å². The van der Waals surface area contributed by atoms with Crippen LogP contribution in [0, 0.1) is 0 Å². The van der Waals surface area contributed by atoms with Gasteiger partial charge in [-0.2, -0.15) is 0 Å². The number of hydrogen-bond acceptors (Lipinski definition) is 2. The second-order valence-electron chi connectivity index (χ2n) is 3.81. The van der Waals surface area contributed by atoms with E-state index in [-0.39, 0.29) is 11.7 Å². The average Bonchev–Trinajstić information content (AvgIpc) is 2.39. The molecule has 0 aliphatic heterocycles. The number of anilines is 1. The molecule has 4 heteroatoms. The van der Waals surface area contributed by atoms with Gasteiger partial charge in [-0.15, -0.1) is 11.6 Å². The fourth-order valence-corrected chi connectivity index (χ4v) is 1.76. The van der Waals surface area contributed by atoms with Crippen molar-refractivity contribution >= 4 is 23.2 Å². The van der Waals surface area contributed by atoms with Crippen molar-refractivity contribution in [2.75, 3.05) is 5.32 Å². The quantitative estimate of drug-likeness (QED) is 0.833. The zero-order chi connectivity index (χ0) is 13.0. The van der Waals surface area contributed by atoms with Crippen molar-refractivity contribution in [3.8, 4) is 5.75 Å². The predicted molar refractivity (Wildman–Crippen MR) is 71.8 cm³/mol. The van der Waals surface area contributed by atoms with Crippen LogP contribution in [0.3, 0.4) is 0 Å². The Balaban J connectivity index is 2.09. The Morgan fingerprint density at radius 2 is 1.83 bits per heavy atom. The molecule has 0 radical (unpaired) electrons. The molecule has 2 rings (SSSR count). The lowest BCUT2D eigenvalue weighted by atomic mass is 10.1. The molecule has 0 aromatic heterocycles. The molecule has 2 N–H and O–H groups in total. The van der Waals surface area contributed by atoms with E-state index in [1.54, 1.807) is 24.3 Å². The summed E-state index contributed by atoms with van der Waals surface area (Å²) >= 11 is 6.07. The van der Waals surface area contributed by atoms with E-state index in [4.69, 9.17) is 11.6 Å². The minimum atomic E-state index is -0.756. The molecule has 0 heterocycles. The number of benzene rings is 2.